The third-order valence-electron chi connectivity index (χ3n) is 5.79. The Bertz CT molecular complexity index is 1320. The molecule has 0 saturated carbocycles. The summed E-state index contributed by atoms with van der Waals surface area (Å²) in [6, 6.07) is 22.3. The maximum absolute atomic E-state index is 5.98. The van der Waals surface area contributed by atoms with Crippen LogP contribution in [0.3, 0.4) is 0 Å². The number of nitrogens with one attached hydrogen (secondary N) is 1. The van der Waals surface area contributed by atoms with Gasteiger partial charge in [0.25, 0.3) is 0 Å². The van der Waals surface area contributed by atoms with Crippen molar-refractivity contribution < 1.29 is 9.15 Å². The van der Waals surface area contributed by atoms with Gasteiger partial charge in [0.15, 0.2) is 5.82 Å². The first kappa shape index (κ1) is 21.7. The van der Waals surface area contributed by atoms with E-state index in [1.54, 1.807) is 0 Å². The Hall–Kier alpha value is -4.13. The molecule has 0 bridgehead atoms. The van der Waals surface area contributed by atoms with Gasteiger partial charge in [-0.1, -0.05) is 30.3 Å². The van der Waals surface area contributed by atoms with E-state index in [1.807, 2.05) is 68.4 Å². The van der Waals surface area contributed by atoms with E-state index < -0.39 is 0 Å². The van der Waals surface area contributed by atoms with E-state index in [-0.39, 0.29) is 6.04 Å². The molecule has 7 nitrogen and oxygen atoms in total. The largest absolute Gasteiger partial charge is 0.493 e. The highest BCUT2D eigenvalue weighted by atomic mass is 16.5. The van der Waals surface area contributed by atoms with Crippen LogP contribution in [-0.2, 0) is 12.8 Å². The van der Waals surface area contributed by atoms with Gasteiger partial charge in [0, 0.05) is 30.8 Å². The summed E-state index contributed by atoms with van der Waals surface area (Å²) in [4.78, 5) is 7.92. The molecule has 1 N–H and O–H groups in total. The van der Waals surface area contributed by atoms with E-state index >= 15 is 0 Å². The summed E-state index contributed by atoms with van der Waals surface area (Å²) < 4.78 is 14.0. The molecule has 1 atom stereocenters. The fraction of sp³-hybridized carbons (Fsp3) is 0.222. The lowest BCUT2D eigenvalue weighted by atomic mass is 10.1. The molecule has 0 spiro atoms. The average molecular weight is 454 g/mol. The molecule has 0 aliphatic carbocycles. The smallest absolute Gasteiger partial charge is 0.226 e. The molecule has 0 aliphatic heterocycles. The molecule has 0 amide bonds. The Morgan fingerprint density at radius 3 is 2.41 bits per heavy atom. The van der Waals surface area contributed by atoms with Gasteiger partial charge in [0.05, 0.1) is 18.3 Å². The highest BCUT2D eigenvalue weighted by molar-refractivity contribution is 5.53. The second-order valence-electron chi connectivity index (χ2n) is 8.28. The summed E-state index contributed by atoms with van der Waals surface area (Å²) in [7, 11) is 0. The molecule has 172 valence electrons. The average Bonchev–Trinajstić information content (AvgIpc) is 3.61. The Balaban J connectivity index is 1.20. The highest BCUT2D eigenvalue weighted by Gasteiger charge is 2.18. The van der Waals surface area contributed by atoms with Crippen LogP contribution in [0, 0.1) is 13.8 Å². The van der Waals surface area contributed by atoms with Crippen molar-refractivity contribution in [1.82, 2.24) is 24.7 Å². The number of benzene rings is 2. The molecular formula is C27H27N5O2. The topological polar surface area (TPSA) is 81.8 Å². The summed E-state index contributed by atoms with van der Waals surface area (Å²) in [5, 5.41) is 8.45. The molecule has 2 aromatic carbocycles. The lowest BCUT2D eigenvalue weighted by Crippen LogP contribution is -2.13. The zero-order chi connectivity index (χ0) is 23.3. The predicted molar refractivity (Wildman–Crippen MR) is 130 cm³/mol. The minimum absolute atomic E-state index is 0.0527. The lowest BCUT2D eigenvalue weighted by Gasteiger charge is -2.17. The van der Waals surface area contributed by atoms with Crippen molar-refractivity contribution in [3.05, 3.63) is 108 Å². The molecule has 0 unspecified atom stereocenters. The fourth-order valence-electron chi connectivity index (χ4n) is 3.99. The zero-order valence-corrected chi connectivity index (χ0v) is 19.3. The van der Waals surface area contributed by atoms with Crippen LogP contribution in [0.25, 0.3) is 11.5 Å². The van der Waals surface area contributed by atoms with Crippen LogP contribution in [-0.4, -0.2) is 31.3 Å². The first-order valence-electron chi connectivity index (χ1n) is 11.4. The molecule has 3 heterocycles. The Morgan fingerprint density at radius 2 is 1.71 bits per heavy atom. The summed E-state index contributed by atoms with van der Waals surface area (Å²) in [5.74, 6) is 3.98. The number of H-pyrrole nitrogens is 1. The van der Waals surface area contributed by atoms with Gasteiger partial charge in [-0.15, -0.1) is 10.2 Å². The molecule has 5 aromatic rings. The Labute approximate surface area is 198 Å². The number of hydrogen-bond donors (Lipinski definition) is 1. The van der Waals surface area contributed by atoms with Crippen molar-refractivity contribution in [3.8, 4) is 17.2 Å². The second kappa shape index (κ2) is 9.79. The third-order valence-corrected chi connectivity index (χ3v) is 5.79. The zero-order valence-electron chi connectivity index (χ0n) is 19.3. The second-order valence-corrected chi connectivity index (χ2v) is 8.28. The molecular weight excluding hydrogens is 426 g/mol. The number of aromatic nitrogens is 5. The Morgan fingerprint density at radius 1 is 0.941 bits per heavy atom. The van der Waals surface area contributed by atoms with Crippen molar-refractivity contribution in [2.45, 2.75) is 32.7 Å². The summed E-state index contributed by atoms with van der Waals surface area (Å²) >= 11 is 0. The molecule has 34 heavy (non-hydrogen) atoms. The number of ether oxygens (including phenoxy) is 1. The van der Waals surface area contributed by atoms with Gasteiger partial charge < -0.3 is 18.7 Å². The lowest BCUT2D eigenvalue weighted by molar-refractivity contribution is 0.319. The van der Waals surface area contributed by atoms with Crippen LogP contribution in [0.5, 0.6) is 5.75 Å². The quantitative estimate of drug-likeness (QED) is 0.326. The van der Waals surface area contributed by atoms with Crippen molar-refractivity contribution in [2.24, 2.45) is 0 Å². The highest BCUT2D eigenvalue weighted by Crippen LogP contribution is 2.24. The standard InChI is InChI=1S/C27H27N5O2/c1-19-24(29-27(34-19)22-8-4-3-5-9-22)14-17-33-23-12-10-21(11-13-23)18-25(32-15-6-7-16-32)26-28-20(2)30-31-26/h3-13,15-16,25H,14,17-18H2,1-2H3,(H,28,30,31)/t25-/m0/s1. The van der Waals surface area contributed by atoms with Gasteiger partial charge in [-0.25, -0.2) is 4.98 Å². The molecule has 7 heteroatoms. The molecule has 0 radical (unpaired) electrons. The van der Waals surface area contributed by atoms with Crippen LogP contribution in [0.1, 0.15) is 34.7 Å². The van der Waals surface area contributed by atoms with Crippen LogP contribution in [0.4, 0.5) is 0 Å². The van der Waals surface area contributed by atoms with Crippen LogP contribution >= 0.6 is 0 Å². The van der Waals surface area contributed by atoms with Gasteiger partial charge >= 0.3 is 0 Å². The molecule has 3 aromatic heterocycles. The number of oxazole rings is 1. The van der Waals surface area contributed by atoms with E-state index in [1.165, 1.54) is 5.56 Å². The monoisotopic (exact) mass is 453 g/mol. The molecule has 5 rings (SSSR count). The van der Waals surface area contributed by atoms with E-state index in [4.69, 9.17) is 9.15 Å². The van der Waals surface area contributed by atoms with E-state index in [0.717, 1.165) is 40.8 Å². The van der Waals surface area contributed by atoms with Gasteiger partial charge in [-0.05, 0) is 55.8 Å². The third kappa shape index (κ3) is 4.93. The number of rotatable bonds is 9. The SMILES string of the molecule is Cc1nnc([C@H](Cc2ccc(OCCc3nc(-c4ccccc4)oc3C)cc2)n2cccc2)[nH]1. The van der Waals surface area contributed by atoms with Gasteiger partial charge in [-0.2, -0.15) is 0 Å². The summed E-state index contributed by atoms with van der Waals surface area (Å²) in [6.07, 6.45) is 5.58. The number of nitrogens with zero attached hydrogens (tertiary/aromatic N) is 4. The number of hydrogen-bond acceptors (Lipinski definition) is 5. The maximum Gasteiger partial charge on any atom is 0.226 e. The van der Waals surface area contributed by atoms with Gasteiger partial charge in [0.2, 0.25) is 5.89 Å². The van der Waals surface area contributed by atoms with Crippen molar-refractivity contribution in [3.63, 3.8) is 0 Å². The number of aromatic amines is 1. The van der Waals surface area contributed by atoms with Gasteiger partial charge in [-0.3, -0.25) is 0 Å². The summed E-state index contributed by atoms with van der Waals surface area (Å²) in [6.45, 7) is 4.39. The maximum atomic E-state index is 5.98. The minimum Gasteiger partial charge on any atom is -0.493 e. The first-order valence-corrected chi connectivity index (χ1v) is 11.4. The van der Waals surface area contributed by atoms with E-state index in [2.05, 4.69) is 49.3 Å². The van der Waals surface area contributed by atoms with E-state index in [9.17, 15) is 0 Å². The van der Waals surface area contributed by atoms with Crippen molar-refractivity contribution >= 4 is 0 Å². The number of aryl methyl sites for hydroxylation is 2. The normalized spacial score (nSPS) is 12.1. The predicted octanol–water partition coefficient (Wildman–Crippen LogP) is 5.33. The first-order chi connectivity index (χ1) is 16.7. The summed E-state index contributed by atoms with van der Waals surface area (Å²) in [5.41, 5.74) is 3.10. The fourth-order valence-corrected chi connectivity index (χ4v) is 3.99. The molecule has 0 aliphatic rings. The van der Waals surface area contributed by atoms with Gasteiger partial charge in [0.1, 0.15) is 17.3 Å². The van der Waals surface area contributed by atoms with Crippen molar-refractivity contribution in [2.75, 3.05) is 6.61 Å². The Kier molecular flexibility index (Phi) is 6.25. The van der Waals surface area contributed by atoms with Crippen LogP contribution in [0.2, 0.25) is 0 Å². The van der Waals surface area contributed by atoms with Crippen LogP contribution < -0.4 is 4.74 Å². The minimum atomic E-state index is 0.0527. The van der Waals surface area contributed by atoms with Crippen LogP contribution in [0.15, 0.2) is 83.5 Å². The van der Waals surface area contributed by atoms with E-state index in [0.29, 0.717) is 18.9 Å². The molecule has 0 fully saturated rings. The molecule has 0 saturated heterocycles. The van der Waals surface area contributed by atoms with Crippen molar-refractivity contribution in [1.29, 1.82) is 0 Å².